The molecule has 1 rings (SSSR count). The maximum absolute atomic E-state index is 10.4. The molecule has 64 valence electrons. The molecule has 0 N–H and O–H groups in total. The largest absolute Gasteiger partial charge is 0.483 e. The fourth-order valence-electron chi connectivity index (χ4n) is 0.696. The van der Waals surface area contributed by atoms with Crippen molar-refractivity contribution in [3.63, 3.8) is 0 Å². The van der Waals surface area contributed by atoms with E-state index < -0.39 is 5.24 Å². The monoisotopic (exact) mass is 248 g/mol. The lowest BCUT2D eigenvalue weighted by Gasteiger charge is -2.03. The smallest absolute Gasteiger partial charge is 0.259 e. The summed E-state index contributed by atoms with van der Waals surface area (Å²) in [6.45, 7) is -0.107. The minimum atomic E-state index is -0.509. The average Bonchev–Trinajstić information content (AvgIpc) is 2.03. The number of carbonyl (C=O) groups is 1. The summed E-state index contributed by atoms with van der Waals surface area (Å²) in [6.07, 6.45) is 0. The van der Waals surface area contributed by atoms with Crippen LogP contribution in [0.5, 0.6) is 5.75 Å². The number of benzene rings is 1. The Balaban J connectivity index is 2.63. The third-order valence-electron chi connectivity index (χ3n) is 1.18. The molecule has 12 heavy (non-hydrogen) atoms. The van der Waals surface area contributed by atoms with Gasteiger partial charge in [-0.3, -0.25) is 4.79 Å². The summed E-state index contributed by atoms with van der Waals surface area (Å²) in [7, 11) is 0. The molecule has 1 aromatic carbocycles. The lowest BCUT2D eigenvalue weighted by atomic mass is 10.3. The van der Waals surface area contributed by atoms with Gasteiger partial charge in [0.1, 0.15) is 5.75 Å². The zero-order valence-corrected chi connectivity index (χ0v) is 8.43. The lowest BCUT2D eigenvalue weighted by Crippen LogP contribution is -2.04. The van der Waals surface area contributed by atoms with Crippen LogP contribution in [0.25, 0.3) is 0 Å². The van der Waals surface area contributed by atoms with Crippen LogP contribution in [0, 0.1) is 0 Å². The van der Waals surface area contributed by atoms with E-state index in [-0.39, 0.29) is 6.61 Å². The van der Waals surface area contributed by atoms with E-state index in [1.807, 2.05) is 18.2 Å². The van der Waals surface area contributed by atoms with Gasteiger partial charge in [0.2, 0.25) is 0 Å². The van der Waals surface area contributed by atoms with Crippen LogP contribution in [0.3, 0.4) is 0 Å². The lowest BCUT2D eigenvalue weighted by molar-refractivity contribution is -0.113. The molecule has 2 nitrogen and oxygen atoms in total. The second-order valence-corrected chi connectivity index (χ2v) is 3.35. The van der Waals surface area contributed by atoms with Crippen LogP contribution in [-0.2, 0) is 4.79 Å². The Labute approximate surface area is 83.6 Å². The van der Waals surface area contributed by atoms with E-state index in [0.29, 0.717) is 5.75 Å². The zero-order valence-electron chi connectivity index (χ0n) is 6.09. The number of ether oxygens (including phenoxy) is 1. The Morgan fingerprint density at radius 1 is 1.50 bits per heavy atom. The summed E-state index contributed by atoms with van der Waals surface area (Å²) in [5.41, 5.74) is 0. The van der Waals surface area contributed by atoms with Crippen molar-refractivity contribution in [3.05, 3.63) is 28.7 Å². The number of hydrogen-bond donors (Lipinski definition) is 0. The van der Waals surface area contributed by atoms with Crippen molar-refractivity contribution in [2.45, 2.75) is 0 Å². The van der Waals surface area contributed by atoms with E-state index in [0.717, 1.165) is 4.47 Å². The number of para-hydroxylation sites is 1. The summed E-state index contributed by atoms with van der Waals surface area (Å²) in [6, 6.07) is 7.26. The second kappa shape index (κ2) is 4.48. The SMILES string of the molecule is O=C(Cl)COc1ccccc1Br. The Hall–Kier alpha value is -0.540. The molecule has 0 unspecified atom stereocenters. The standard InChI is InChI=1S/C8H6BrClO2/c9-6-3-1-2-4-7(6)12-5-8(10)11/h1-4H,5H2. The van der Waals surface area contributed by atoms with Crippen molar-refractivity contribution in [1.29, 1.82) is 0 Å². The Morgan fingerprint density at radius 3 is 2.75 bits per heavy atom. The molecule has 0 heterocycles. The molecule has 0 saturated carbocycles. The van der Waals surface area contributed by atoms with Gasteiger partial charge < -0.3 is 4.74 Å². The third-order valence-corrected chi connectivity index (χ3v) is 1.94. The van der Waals surface area contributed by atoms with E-state index in [4.69, 9.17) is 16.3 Å². The van der Waals surface area contributed by atoms with Crippen LogP contribution >= 0.6 is 27.5 Å². The fourth-order valence-corrected chi connectivity index (χ4v) is 1.15. The van der Waals surface area contributed by atoms with Gasteiger partial charge in [0.15, 0.2) is 6.61 Å². The van der Waals surface area contributed by atoms with Crippen LogP contribution in [0.4, 0.5) is 0 Å². The summed E-state index contributed by atoms with van der Waals surface area (Å²) in [5.74, 6) is 0.617. The first kappa shape index (κ1) is 9.55. The van der Waals surface area contributed by atoms with Gasteiger partial charge in [0.05, 0.1) is 4.47 Å². The van der Waals surface area contributed by atoms with E-state index in [1.165, 1.54) is 0 Å². The highest BCUT2D eigenvalue weighted by molar-refractivity contribution is 9.10. The third kappa shape index (κ3) is 2.83. The molecular weight excluding hydrogens is 243 g/mol. The van der Waals surface area contributed by atoms with Gasteiger partial charge in [-0.2, -0.15) is 0 Å². The van der Waals surface area contributed by atoms with E-state index in [1.54, 1.807) is 6.07 Å². The second-order valence-electron chi connectivity index (χ2n) is 2.07. The van der Waals surface area contributed by atoms with Crippen LogP contribution < -0.4 is 4.74 Å². The maximum atomic E-state index is 10.4. The normalized spacial score (nSPS) is 9.50. The van der Waals surface area contributed by atoms with E-state index in [9.17, 15) is 4.79 Å². The van der Waals surface area contributed by atoms with Crippen molar-refractivity contribution >= 4 is 32.8 Å². The van der Waals surface area contributed by atoms with Crippen LogP contribution in [0.1, 0.15) is 0 Å². The predicted octanol–water partition coefficient (Wildman–Crippen LogP) is 2.59. The summed E-state index contributed by atoms with van der Waals surface area (Å²) >= 11 is 8.37. The zero-order chi connectivity index (χ0) is 8.97. The minimum Gasteiger partial charge on any atom is -0.483 e. The molecule has 0 aliphatic rings. The number of halogens is 2. The van der Waals surface area contributed by atoms with Crippen molar-refractivity contribution in [2.24, 2.45) is 0 Å². The molecule has 0 aliphatic carbocycles. The molecule has 0 atom stereocenters. The molecule has 0 saturated heterocycles. The number of carbonyl (C=O) groups excluding carboxylic acids is 1. The molecule has 0 spiro atoms. The topological polar surface area (TPSA) is 26.3 Å². The highest BCUT2D eigenvalue weighted by Gasteiger charge is 2.01. The van der Waals surface area contributed by atoms with Crippen LogP contribution in [-0.4, -0.2) is 11.8 Å². The van der Waals surface area contributed by atoms with Gasteiger partial charge in [-0.25, -0.2) is 0 Å². The molecule has 1 aromatic rings. The predicted molar refractivity (Wildman–Crippen MR) is 50.5 cm³/mol. The van der Waals surface area contributed by atoms with Crippen LogP contribution in [0.15, 0.2) is 28.7 Å². The van der Waals surface area contributed by atoms with Crippen molar-refractivity contribution in [3.8, 4) is 5.75 Å². The van der Waals surface area contributed by atoms with Gasteiger partial charge in [0.25, 0.3) is 5.24 Å². The van der Waals surface area contributed by atoms with Gasteiger partial charge in [0, 0.05) is 0 Å². The quantitative estimate of drug-likeness (QED) is 0.770. The first-order chi connectivity index (χ1) is 5.70. The highest BCUT2D eigenvalue weighted by Crippen LogP contribution is 2.23. The molecule has 0 aliphatic heterocycles. The van der Waals surface area contributed by atoms with Gasteiger partial charge in [-0.05, 0) is 39.7 Å². The molecule has 4 heteroatoms. The van der Waals surface area contributed by atoms with Gasteiger partial charge >= 0.3 is 0 Å². The summed E-state index contributed by atoms with van der Waals surface area (Å²) in [4.78, 5) is 10.4. The maximum Gasteiger partial charge on any atom is 0.259 e. The first-order valence-electron chi connectivity index (χ1n) is 3.26. The van der Waals surface area contributed by atoms with Crippen molar-refractivity contribution in [2.75, 3.05) is 6.61 Å². The van der Waals surface area contributed by atoms with Crippen molar-refractivity contribution in [1.82, 2.24) is 0 Å². The van der Waals surface area contributed by atoms with Crippen molar-refractivity contribution < 1.29 is 9.53 Å². The van der Waals surface area contributed by atoms with E-state index in [2.05, 4.69) is 15.9 Å². The molecular formula is C8H6BrClO2. The number of hydrogen-bond acceptors (Lipinski definition) is 2. The molecule has 0 amide bonds. The molecule has 0 aromatic heterocycles. The average molecular weight is 249 g/mol. The summed E-state index contributed by atoms with van der Waals surface area (Å²) in [5, 5.41) is -0.509. The Kier molecular flexibility index (Phi) is 3.56. The van der Waals surface area contributed by atoms with E-state index >= 15 is 0 Å². The van der Waals surface area contributed by atoms with Crippen LogP contribution in [0.2, 0.25) is 0 Å². The first-order valence-corrected chi connectivity index (χ1v) is 4.43. The minimum absolute atomic E-state index is 0.107. The number of rotatable bonds is 3. The Bertz CT molecular complexity index is 288. The fraction of sp³-hybridized carbons (Fsp3) is 0.125. The molecule has 0 radical (unpaired) electrons. The molecule has 0 fully saturated rings. The highest BCUT2D eigenvalue weighted by atomic mass is 79.9. The Morgan fingerprint density at radius 2 is 2.17 bits per heavy atom. The molecule has 0 bridgehead atoms. The van der Waals surface area contributed by atoms with Gasteiger partial charge in [-0.1, -0.05) is 12.1 Å². The van der Waals surface area contributed by atoms with Gasteiger partial charge in [-0.15, -0.1) is 0 Å². The summed E-state index contributed by atoms with van der Waals surface area (Å²) < 4.78 is 5.88.